The number of hydrogen-bond donors (Lipinski definition) is 1. The molecule has 1 aromatic heterocycles. The van der Waals surface area contributed by atoms with E-state index in [0.29, 0.717) is 43.1 Å². The molecule has 0 spiro atoms. The van der Waals surface area contributed by atoms with Crippen LogP contribution in [0.3, 0.4) is 0 Å². The number of carbonyl (C=O) groups excluding carboxylic acids is 1. The highest BCUT2D eigenvalue weighted by atomic mass is 19.1. The number of nitrogens with zero attached hydrogens (tertiary/aromatic N) is 2. The fourth-order valence-electron chi connectivity index (χ4n) is 2.95. The summed E-state index contributed by atoms with van der Waals surface area (Å²) in [6, 6.07) is 11.7. The number of H-pyrrole nitrogens is 1. The van der Waals surface area contributed by atoms with Crippen molar-refractivity contribution in [3.8, 4) is 11.3 Å². The second kappa shape index (κ2) is 6.05. The Kier molecular flexibility index (Phi) is 3.74. The first-order valence-electron chi connectivity index (χ1n) is 7.83. The first-order chi connectivity index (χ1) is 11.7. The monoisotopic (exact) mass is 325 g/mol. The van der Waals surface area contributed by atoms with Gasteiger partial charge >= 0.3 is 0 Å². The third-order valence-electron chi connectivity index (χ3n) is 4.21. The minimum atomic E-state index is -0.316. The van der Waals surface area contributed by atoms with E-state index in [4.69, 9.17) is 4.74 Å². The Bertz CT molecular complexity index is 900. The largest absolute Gasteiger partial charge is 0.378 e. The summed E-state index contributed by atoms with van der Waals surface area (Å²) in [7, 11) is 0. The lowest BCUT2D eigenvalue weighted by molar-refractivity contribution is 0.0303. The van der Waals surface area contributed by atoms with Gasteiger partial charge in [-0.3, -0.25) is 9.89 Å². The molecule has 1 amide bonds. The topological polar surface area (TPSA) is 58.2 Å². The Morgan fingerprint density at radius 3 is 2.79 bits per heavy atom. The number of carbonyl (C=O) groups is 1. The maximum absolute atomic E-state index is 13.5. The van der Waals surface area contributed by atoms with Gasteiger partial charge in [0, 0.05) is 29.6 Å². The van der Waals surface area contributed by atoms with Gasteiger partial charge in [0.05, 0.1) is 18.7 Å². The van der Waals surface area contributed by atoms with Crippen LogP contribution in [0.15, 0.2) is 42.5 Å². The van der Waals surface area contributed by atoms with Gasteiger partial charge < -0.3 is 9.64 Å². The Morgan fingerprint density at radius 1 is 1.17 bits per heavy atom. The van der Waals surface area contributed by atoms with Crippen molar-refractivity contribution in [2.45, 2.75) is 0 Å². The van der Waals surface area contributed by atoms with Gasteiger partial charge in [-0.25, -0.2) is 4.39 Å². The van der Waals surface area contributed by atoms with Crippen LogP contribution in [0.25, 0.3) is 22.2 Å². The number of aromatic amines is 1. The molecule has 0 unspecified atom stereocenters. The molecule has 0 atom stereocenters. The van der Waals surface area contributed by atoms with E-state index < -0.39 is 0 Å². The summed E-state index contributed by atoms with van der Waals surface area (Å²) in [6.45, 7) is 2.32. The Morgan fingerprint density at radius 2 is 2.00 bits per heavy atom. The molecule has 0 bridgehead atoms. The lowest BCUT2D eigenvalue weighted by atomic mass is 10.0. The van der Waals surface area contributed by atoms with E-state index in [2.05, 4.69) is 10.2 Å². The summed E-state index contributed by atoms with van der Waals surface area (Å²) < 4.78 is 18.8. The molecule has 1 aliphatic heterocycles. The predicted octanol–water partition coefficient (Wildman–Crippen LogP) is 2.84. The lowest BCUT2D eigenvalue weighted by Gasteiger charge is -2.26. The highest BCUT2D eigenvalue weighted by Gasteiger charge is 2.19. The van der Waals surface area contributed by atoms with E-state index >= 15 is 0 Å². The molecule has 6 heteroatoms. The van der Waals surface area contributed by atoms with Crippen LogP contribution in [0, 0.1) is 5.82 Å². The van der Waals surface area contributed by atoms with Crippen LogP contribution in [0.4, 0.5) is 4.39 Å². The van der Waals surface area contributed by atoms with Crippen molar-refractivity contribution in [1.82, 2.24) is 15.1 Å². The molecule has 1 N–H and O–H groups in total. The highest BCUT2D eigenvalue weighted by Crippen LogP contribution is 2.28. The number of benzene rings is 2. The third-order valence-corrected chi connectivity index (χ3v) is 4.21. The summed E-state index contributed by atoms with van der Waals surface area (Å²) in [5.41, 5.74) is 2.73. The Labute approximate surface area is 138 Å². The van der Waals surface area contributed by atoms with Crippen molar-refractivity contribution in [3.05, 3.63) is 53.8 Å². The van der Waals surface area contributed by atoms with E-state index in [1.54, 1.807) is 23.1 Å². The molecule has 122 valence electrons. The van der Waals surface area contributed by atoms with Gasteiger partial charge in [-0.1, -0.05) is 12.1 Å². The van der Waals surface area contributed by atoms with Crippen molar-refractivity contribution in [3.63, 3.8) is 0 Å². The smallest absolute Gasteiger partial charge is 0.254 e. The summed E-state index contributed by atoms with van der Waals surface area (Å²) in [5, 5.41) is 8.02. The molecule has 1 aliphatic rings. The van der Waals surface area contributed by atoms with Crippen LogP contribution in [-0.4, -0.2) is 47.3 Å². The van der Waals surface area contributed by atoms with E-state index in [1.165, 1.54) is 12.1 Å². The Hall–Kier alpha value is -2.73. The molecule has 0 saturated carbocycles. The first-order valence-corrected chi connectivity index (χ1v) is 7.83. The highest BCUT2D eigenvalue weighted by molar-refractivity contribution is 6.01. The predicted molar refractivity (Wildman–Crippen MR) is 88.2 cm³/mol. The molecule has 1 fully saturated rings. The number of rotatable bonds is 2. The number of aromatic nitrogens is 2. The number of hydrogen-bond acceptors (Lipinski definition) is 3. The van der Waals surface area contributed by atoms with Crippen LogP contribution >= 0.6 is 0 Å². The van der Waals surface area contributed by atoms with Gasteiger partial charge in [-0.15, -0.1) is 0 Å². The normalized spacial score (nSPS) is 15.0. The minimum absolute atomic E-state index is 0.0217. The summed E-state index contributed by atoms with van der Waals surface area (Å²) in [5.74, 6) is -0.337. The molecule has 4 rings (SSSR count). The number of morpholine rings is 1. The second-order valence-corrected chi connectivity index (χ2v) is 5.75. The van der Waals surface area contributed by atoms with Gasteiger partial charge in [0.25, 0.3) is 5.91 Å². The van der Waals surface area contributed by atoms with E-state index in [0.717, 1.165) is 10.9 Å². The van der Waals surface area contributed by atoms with E-state index in [9.17, 15) is 9.18 Å². The van der Waals surface area contributed by atoms with Crippen molar-refractivity contribution in [2.24, 2.45) is 0 Å². The van der Waals surface area contributed by atoms with Gasteiger partial charge in [-0.05, 0) is 30.3 Å². The van der Waals surface area contributed by atoms with Crippen LogP contribution in [0.1, 0.15) is 10.4 Å². The standard InChI is InChI=1S/C18H16FN3O2/c19-14-3-1-2-12(10-14)17-15-11-13(4-5-16(15)20-21-17)18(23)22-6-8-24-9-7-22/h1-5,10-11H,6-9H2,(H,20,21). The van der Waals surface area contributed by atoms with Crippen LogP contribution in [0.2, 0.25) is 0 Å². The SMILES string of the molecule is O=C(c1ccc2[nH]nc(-c3cccc(F)c3)c2c1)N1CCOCC1. The van der Waals surface area contributed by atoms with Gasteiger partial charge in [-0.2, -0.15) is 5.10 Å². The first kappa shape index (κ1) is 14.8. The second-order valence-electron chi connectivity index (χ2n) is 5.75. The molecule has 1 saturated heterocycles. The summed E-state index contributed by atoms with van der Waals surface area (Å²) in [4.78, 5) is 14.4. The number of ether oxygens (including phenoxy) is 1. The lowest BCUT2D eigenvalue weighted by Crippen LogP contribution is -2.40. The van der Waals surface area contributed by atoms with Crippen LogP contribution in [0.5, 0.6) is 0 Å². The molecule has 5 nitrogen and oxygen atoms in total. The number of nitrogens with one attached hydrogen (secondary N) is 1. The number of fused-ring (bicyclic) bond motifs is 1. The summed E-state index contributed by atoms with van der Waals surface area (Å²) >= 11 is 0. The van der Waals surface area contributed by atoms with Crippen LogP contribution < -0.4 is 0 Å². The van der Waals surface area contributed by atoms with Gasteiger partial charge in [0.15, 0.2) is 0 Å². The van der Waals surface area contributed by atoms with Gasteiger partial charge in [0.2, 0.25) is 0 Å². The quantitative estimate of drug-likeness (QED) is 0.788. The molecule has 2 heterocycles. The molecule has 24 heavy (non-hydrogen) atoms. The maximum atomic E-state index is 13.5. The molecule has 0 aliphatic carbocycles. The van der Waals surface area contributed by atoms with E-state index in [1.807, 2.05) is 12.1 Å². The fourth-order valence-corrected chi connectivity index (χ4v) is 2.95. The average Bonchev–Trinajstić information content (AvgIpc) is 3.05. The zero-order valence-electron chi connectivity index (χ0n) is 13.0. The van der Waals surface area contributed by atoms with E-state index in [-0.39, 0.29) is 11.7 Å². The van der Waals surface area contributed by atoms with Crippen molar-refractivity contribution in [2.75, 3.05) is 26.3 Å². The average molecular weight is 325 g/mol. The minimum Gasteiger partial charge on any atom is -0.378 e. The molecular weight excluding hydrogens is 309 g/mol. The molecule has 2 aromatic carbocycles. The fraction of sp³-hybridized carbons (Fsp3) is 0.222. The summed E-state index contributed by atoms with van der Waals surface area (Å²) in [6.07, 6.45) is 0. The van der Waals surface area contributed by atoms with Crippen molar-refractivity contribution >= 4 is 16.8 Å². The zero-order valence-corrected chi connectivity index (χ0v) is 13.0. The molecular formula is C18H16FN3O2. The zero-order chi connectivity index (χ0) is 16.5. The van der Waals surface area contributed by atoms with Gasteiger partial charge in [0.1, 0.15) is 11.5 Å². The van der Waals surface area contributed by atoms with Crippen LogP contribution in [-0.2, 0) is 4.74 Å². The Balaban J connectivity index is 1.74. The van der Waals surface area contributed by atoms with Crippen molar-refractivity contribution < 1.29 is 13.9 Å². The van der Waals surface area contributed by atoms with Crippen molar-refractivity contribution in [1.29, 1.82) is 0 Å². The third kappa shape index (κ3) is 2.65. The number of amides is 1. The number of halogens is 1. The molecule has 0 radical (unpaired) electrons. The maximum Gasteiger partial charge on any atom is 0.254 e. The molecule has 3 aromatic rings.